The van der Waals surface area contributed by atoms with Crippen molar-refractivity contribution >= 4 is 5.97 Å². The predicted octanol–water partition coefficient (Wildman–Crippen LogP) is 2.09. The van der Waals surface area contributed by atoms with Gasteiger partial charge in [0.05, 0.1) is 6.61 Å². The van der Waals surface area contributed by atoms with E-state index >= 15 is 0 Å². The van der Waals surface area contributed by atoms with Crippen molar-refractivity contribution in [3.05, 3.63) is 24.8 Å². The molecule has 14 heavy (non-hydrogen) atoms. The van der Waals surface area contributed by atoms with Crippen LogP contribution >= 0.6 is 0 Å². The third kappa shape index (κ3) is 9.00. The second-order valence-corrected chi connectivity index (χ2v) is 2.69. The van der Waals surface area contributed by atoms with Gasteiger partial charge in [-0.2, -0.15) is 0 Å². The summed E-state index contributed by atoms with van der Waals surface area (Å²) < 4.78 is 9.80. The van der Waals surface area contributed by atoms with Gasteiger partial charge in [-0.15, -0.1) is 0 Å². The van der Waals surface area contributed by atoms with Gasteiger partial charge in [0, 0.05) is 0 Å². The van der Waals surface area contributed by atoms with Gasteiger partial charge in [0.2, 0.25) is 0 Å². The molecule has 0 N–H and O–H groups in total. The highest BCUT2D eigenvalue weighted by atomic mass is 16.6. The lowest BCUT2D eigenvalue weighted by molar-refractivity contribution is -0.147. The number of ether oxygens (including phenoxy) is 2. The molecule has 0 aliphatic rings. The SMILES string of the molecule is C=CCOC(=O)COCC/C=C/CC. The van der Waals surface area contributed by atoms with Crippen LogP contribution in [0.3, 0.4) is 0 Å². The molecule has 0 bridgehead atoms. The van der Waals surface area contributed by atoms with Gasteiger partial charge in [0.25, 0.3) is 0 Å². The first-order chi connectivity index (χ1) is 6.81. The number of carbonyl (C=O) groups excluding carboxylic acids is 1. The lowest BCUT2D eigenvalue weighted by atomic mass is 10.3. The average Bonchev–Trinajstić information content (AvgIpc) is 2.20. The molecule has 0 amide bonds. The molecule has 0 atom stereocenters. The number of carbonyl (C=O) groups is 1. The van der Waals surface area contributed by atoms with Crippen LogP contribution in [0.25, 0.3) is 0 Å². The molecule has 0 radical (unpaired) electrons. The molecule has 0 aromatic heterocycles. The van der Waals surface area contributed by atoms with Crippen LogP contribution in [0, 0.1) is 0 Å². The van der Waals surface area contributed by atoms with Crippen LogP contribution in [0.4, 0.5) is 0 Å². The Morgan fingerprint density at radius 3 is 2.86 bits per heavy atom. The molecule has 0 saturated heterocycles. The summed E-state index contributed by atoms with van der Waals surface area (Å²) in [5.41, 5.74) is 0. The highest BCUT2D eigenvalue weighted by molar-refractivity contribution is 5.70. The molecule has 0 spiro atoms. The molecule has 3 heteroatoms. The summed E-state index contributed by atoms with van der Waals surface area (Å²) in [4.78, 5) is 10.9. The van der Waals surface area contributed by atoms with Crippen molar-refractivity contribution in [2.45, 2.75) is 19.8 Å². The summed E-state index contributed by atoms with van der Waals surface area (Å²) in [6, 6.07) is 0. The highest BCUT2D eigenvalue weighted by Crippen LogP contribution is 1.89. The first-order valence-corrected chi connectivity index (χ1v) is 4.80. The molecule has 0 aliphatic carbocycles. The van der Waals surface area contributed by atoms with Crippen LogP contribution in [0.5, 0.6) is 0 Å². The van der Waals surface area contributed by atoms with Gasteiger partial charge in [-0.1, -0.05) is 31.7 Å². The molecule has 0 aliphatic heterocycles. The first kappa shape index (κ1) is 12.9. The fourth-order valence-electron chi connectivity index (χ4n) is 0.785. The molecule has 0 fully saturated rings. The Morgan fingerprint density at radius 2 is 2.21 bits per heavy atom. The minimum absolute atomic E-state index is 0.0216. The minimum atomic E-state index is -0.343. The summed E-state index contributed by atoms with van der Waals surface area (Å²) in [6.07, 6.45) is 7.50. The zero-order valence-corrected chi connectivity index (χ0v) is 8.70. The predicted molar refractivity (Wildman–Crippen MR) is 56.0 cm³/mol. The molecule has 0 saturated carbocycles. The zero-order valence-electron chi connectivity index (χ0n) is 8.70. The van der Waals surface area contributed by atoms with E-state index in [2.05, 4.69) is 19.6 Å². The smallest absolute Gasteiger partial charge is 0.332 e. The Bertz CT molecular complexity index is 185. The van der Waals surface area contributed by atoms with Gasteiger partial charge in [0.15, 0.2) is 0 Å². The third-order valence-electron chi connectivity index (χ3n) is 1.41. The summed E-state index contributed by atoms with van der Waals surface area (Å²) in [7, 11) is 0. The quantitative estimate of drug-likeness (QED) is 0.340. The molecular formula is C11H18O3. The fourth-order valence-corrected chi connectivity index (χ4v) is 0.785. The van der Waals surface area contributed by atoms with Gasteiger partial charge in [0.1, 0.15) is 13.2 Å². The van der Waals surface area contributed by atoms with E-state index in [1.54, 1.807) is 0 Å². The summed E-state index contributed by atoms with van der Waals surface area (Å²) in [5, 5.41) is 0. The molecule has 0 aromatic carbocycles. The Hall–Kier alpha value is -1.09. The van der Waals surface area contributed by atoms with Crippen molar-refractivity contribution in [2.24, 2.45) is 0 Å². The van der Waals surface area contributed by atoms with Crippen LogP contribution < -0.4 is 0 Å². The van der Waals surface area contributed by atoms with Crippen molar-refractivity contribution in [3.8, 4) is 0 Å². The van der Waals surface area contributed by atoms with Gasteiger partial charge >= 0.3 is 5.97 Å². The molecule has 0 rings (SSSR count). The topological polar surface area (TPSA) is 35.5 Å². The number of allylic oxidation sites excluding steroid dienone is 1. The Morgan fingerprint density at radius 1 is 1.43 bits per heavy atom. The van der Waals surface area contributed by atoms with Gasteiger partial charge < -0.3 is 9.47 Å². The molecule has 3 nitrogen and oxygen atoms in total. The number of rotatable bonds is 8. The van der Waals surface area contributed by atoms with E-state index in [0.717, 1.165) is 12.8 Å². The summed E-state index contributed by atoms with van der Waals surface area (Å²) >= 11 is 0. The Kier molecular flexibility index (Phi) is 9.22. The van der Waals surface area contributed by atoms with E-state index in [4.69, 9.17) is 9.47 Å². The van der Waals surface area contributed by atoms with Crippen molar-refractivity contribution in [1.29, 1.82) is 0 Å². The highest BCUT2D eigenvalue weighted by Gasteiger charge is 1.99. The van der Waals surface area contributed by atoms with Crippen LogP contribution in [0.15, 0.2) is 24.8 Å². The van der Waals surface area contributed by atoms with E-state index in [1.165, 1.54) is 6.08 Å². The zero-order chi connectivity index (χ0) is 10.6. The maximum absolute atomic E-state index is 10.9. The largest absolute Gasteiger partial charge is 0.460 e. The first-order valence-electron chi connectivity index (χ1n) is 4.80. The van der Waals surface area contributed by atoms with Crippen molar-refractivity contribution < 1.29 is 14.3 Å². The fraction of sp³-hybridized carbons (Fsp3) is 0.545. The van der Waals surface area contributed by atoms with Gasteiger partial charge in [-0.3, -0.25) is 0 Å². The molecule has 80 valence electrons. The van der Waals surface area contributed by atoms with Crippen LogP contribution in [0.2, 0.25) is 0 Å². The van der Waals surface area contributed by atoms with Crippen molar-refractivity contribution in [2.75, 3.05) is 19.8 Å². The molecule has 0 heterocycles. The van der Waals surface area contributed by atoms with Crippen LogP contribution in [-0.4, -0.2) is 25.8 Å². The molecular weight excluding hydrogens is 180 g/mol. The van der Waals surface area contributed by atoms with E-state index in [9.17, 15) is 4.79 Å². The Balaban J connectivity index is 3.22. The lowest BCUT2D eigenvalue weighted by Crippen LogP contribution is -2.12. The van der Waals surface area contributed by atoms with E-state index in [-0.39, 0.29) is 19.2 Å². The molecule has 0 unspecified atom stereocenters. The number of hydrogen-bond acceptors (Lipinski definition) is 3. The van der Waals surface area contributed by atoms with E-state index < -0.39 is 0 Å². The summed E-state index contributed by atoms with van der Waals surface area (Å²) in [5.74, 6) is -0.343. The number of hydrogen-bond donors (Lipinski definition) is 0. The lowest BCUT2D eigenvalue weighted by Gasteiger charge is -2.02. The minimum Gasteiger partial charge on any atom is -0.460 e. The second-order valence-electron chi connectivity index (χ2n) is 2.69. The van der Waals surface area contributed by atoms with Crippen molar-refractivity contribution in [3.63, 3.8) is 0 Å². The second kappa shape index (κ2) is 9.99. The molecule has 0 aromatic rings. The monoisotopic (exact) mass is 198 g/mol. The third-order valence-corrected chi connectivity index (χ3v) is 1.41. The normalized spacial score (nSPS) is 10.4. The maximum atomic E-state index is 10.9. The average molecular weight is 198 g/mol. The maximum Gasteiger partial charge on any atom is 0.332 e. The Labute approximate surface area is 85.4 Å². The van der Waals surface area contributed by atoms with Gasteiger partial charge in [-0.25, -0.2) is 4.79 Å². The summed E-state index contributed by atoms with van der Waals surface area (Å²) in [6.45, 7) is 6.33. The van der Waals surface area contributed by atoms with Crippen molar-refractivity contribution in [1.82, 2.24) is 0 Å². The standard InChI is InChI=1S/C11H18O3/c1-3-5-6-7-9-13-10-11(12)14-8-4-2/h4-6H,2-3,7-10H2,1H3/b6-5+. The number of esters is 1. The van der Waals surface area contributed by atoms with Gasteiger partial charge in [-0.05, 0) is 12.8 Å². The van der Waals surface area contributed by atoms with E-state index in [1.807, 2.05) is 6.08 Å². The van der Waals surface area contributed by atoms with Crippen LogP contribution in [0.1, 0.15) is 19.8 Å². The van der Waals surface area contributed by atoms with Crippen LogP contribution in [-0.2, 0) is 14.3 Å². The van der Waals surface area contributed by atoms with E-state index in [0.29, 0.717) is 6.61 Å².